The fourth-order valence-corrected chi connectivity index (χ4v) is 2.68. The van der Waals surface area contributed by atoms with Gasteiger partial charge in [-0.3, -0.25) is 19.5 Å². The Morgan fingerprint density at radius 1 is 1.22 bits per heavy atom. The molecular weight excluding hydrogens is 355 g/mol. The van der Waals surface area contributed by atoms with Gasteiger partial charge in [-0.05, 0) is 24.3 Å². The normalized spacial score (nSPS) is 11.0. The Kier molecular flexibility index (Phi) is 3.96. The van der Waals surface area contributed by atoms with Crippen molar-refractivity contribution in [3.8, 4) is 11.5 Å². The highest BCUT2D eigenvalue weighted by Crippen LogP contribution is 2.20. The zero-order chi connectivity index (χ0) is 19.0. The average Bonchev–Trinajstić information content (AvgIpc) is 3.12. The first-order chi connectivity index (χ1) is 13.0. The van der Waals surface area contributed by atoms with E-state index in [2.05, 4.69) is 9.97 Å². The number of aromatic nitrogens is 3. The van der Waals surface area contributed by atoms with Gasteiger partial charge >= 0.3 is 0 Å². The van der Waals surface area contributed by atoms with Gasteiger partial charge in [0, 0.05) is 17.7 Å². The monoisotopic (exact) mass is 366 g/mol. The summed E-state index contributed by atoms with van der Waals surface area (Å²) in [5.74, 6) is -0.168. The first kappa shape index (κ1) is 16.6. The Labute approximate surface area is 150 Å². The van der Waals surface area contributed by atoms with Crippen LogP contribution in [0.5, 0.6) is 0 Å². The van der Waals surface area contributed by atoms with Crippen LogP contribution in [-0.4, -0.2) is 19.5 Å². The lowest BCUT2D eigenvalue weighted by Crippen LogP contribution is -2.21. The van der Waals surface area contributed by atoms with Gasteiger partial charge in [0.15, 0.2) is 0 Å². The molecule has 0 radical (unpaired) electrons. The number of nitro benzene ring substituents is 1. The van der Waals surface area contributed by atoms with Crippen molar-refractivity contribution in [2.24, 2.45) is 0 Å². The quantitative estimate of drug-likeness (QED) is 0.406. The maximum atomic E-state index is 13.3. The smallest absolute Gasteiger partial charge is 0.271 e. The molecule has 0 bridgehead atoms. The van der Waals surface area contributed by atoms with Crippen molar-refractivity contribution in [3.63, 3.8) is 0 Å². The first-order valence-corrected chi connectivity index (χ1v) is 7.85. The van der Waals surface area contributed by atoms with Crippen molar-refractivity contribution in [3.05, 3.63) is 87.0 Å². The molecule has 0 spiro atoms. The number of nitro groups is 1. The van der Waals surface area contributed by atoms with Crippen molar-refractivity contribution < 1.29 is 13.7 Å². The Morgan fingerprint density at radius 2 is 2.07 bits per heavy atom. The number of fused-ring (bicyclic) bond motifs is 1. The third-order valence-electron chi connectivity index (χ3n) is 3.98. The molecule has 134 valence electrons. The minimum Gasteiger partial charge on any atom is -0.444 e. The third kappa shape index (κ3) is 3.17. The average molecular weight is 366 g/mol. The van der Waals surface area contributed by atoms with Crippen LogP contribution in [0.3, 0.4) is 0 Å². The van der Waals surface area contributed by atoms with Crippen LogP contribution in [0.4, 0.5) is 10.1 Å². The molecular formula is C18H11FN4O4. The summed E-state index contributed by atoms with van der Waals surface area (Å²) in [4.78, 5) is 31.2. The van der Waals surface area contributed by atoms with E-state index in [0.29, 0.717) is 11.3 Å². The molecule has 0 aliphatic rings. The van der Waals surface area contributed by atoms with Crippen LogP contribution in [0, 0.1) is 15.9 Å². The number of hydrogen-bond donors (Lipinski definition) is 0. The molecule has 9 heteroatoms. The second-order valence-electron chi connectivity index (χ2n) is 5.79. The predicted octanol–water partition coefficient (Wildman–Crippen LogP) is 3.15. The van der Waals surface area contributed by atoms with Gasteiger partial charge in [-0.2, -0.15) is 0 Å². The summed E-state index contributed by atoms with van der Waals surface area (Å²) in [5, 5.41) is 11.1. The van der Waals surface area contributed by atoms with Crippen LogP contribution in [0.15, 0.2) is 64.3 Å². The Morgan fingerprint density at radius 3 is 2.85 bits per heavy atom. The highest BCUT2D eigenvalue weighted by Gasteiger charge is 2.12. The maximum Gasteiger partial charge on any atom is 0.271 e. The largest absolute Gasteiger partial charge is 0.444 e. The second-order valence-corrected chi connectivity index (χ2v) is 5.79. The van der Waals surface area contributed by atoms with Gasteiger partial charge in [0.25, 0.3) is 11.2 Å². The molecule has 2 aromatic carbocycles. The number of hydrogen-bond acceptors (Lipinski definition) is 6. The van der Waals surface area contributed by atoms with Gasteiger partial charge < -0.3 is 4.42 Å². The number of oxazole rings is 1. The lowest BCUT2D eigenvalue weighted by atomic mass is 10.2. The molecule has 4 aromatic rings. The number of halogens is 1. The number of benzene rings is 2. The molecule has 27 heavy (non-hydrogen) atoms. The molecule has 2 heterocycles. The second kappa shape index (κ2) is 6.45. The SMILES string of the molecule is O=c1c2ccc([N+](=O)[O-])cc2ncn1Cc1coc(-c2cccc(F)c2)n1. The van der Waals surface area contributed by atoms with E-state index in [1.54, 1.807) is 12.1 Å². The number of rotatable bonds is 4. The van der Waals surface area contributed by atoms with Gasteiger partial charge in [0.1, 0.15) is 12.1 Å². The minimum atomic E-state index is -0.546. The summed E-state index contributed by atoms with van der Waals surface area (Å²) in [6.07, 6.45) is 2.68. The van der Waals surface area contributed by atoms with Crippen LogP contribution in [-0.2, 0) is 6.54 Å². The molecule has 0 N–H and O–H groups in total. The first-order valence-electron chi connectivity index (χ1n) is 7.85. The molecule has 0 fully saturated rings. The van der Waals surface area contributed by atoms with E-state index in [9.17, 15) is 19.3 Å². The van der Waals surface area contributed by atoms with Crippen LogP contribution in [0.2, 0.25) is 0 Å². The molecule has 2 aromatic heterocycles. The highest BCUT2D eigenvalue weighted by atomic mass is 19.1. The van der Waals surface area contributed by atoms with E-state index in [-0.39, 0.29) is 34.6 Å². The van der Waals surface area contributed by atoms with Crippen molar-refractivity contribution in [1.82, 2.24) is 14.5 Å². The molecule has 0 atom stereocenters. The fraction of sp³-hybridized carbons (Fsp3) is 0.0556. The number of nitrogens with zero attached hydrogens (tertiary/aromatic N) is 4. The van der Waals surface area contributed by atoms with E-state index >= 15 is 0 Å². The van der Waals surface area contributed by atoms with E-state index in [1.165, 1.54) is 47.5 Å². The van der Waals surface area contributed by atoms with Crippen molar-refractivity contribution in [2.45, 2.75) is 6.54 Å². The van der Waals surface area contributed by atoms with Crippen molar-refractivity contribution in [1.29, 1.82) is 0 Å². The van der Waals surface area contributed by atoms with Crippen molar-refractivity contribution in [2.75, 3.05) is 0 Å². The number of non-ortho nitro benzene ring substituents is 1. The summed E-state index contributed by atoms with van der Waals surface area (Å²) in [5.41, 5.74) is 0.691. The van der Waals surface area contributed by atoms with E-state index < -0.39 is 10.7 Å². The van der Waals surface area contributed by atoms with Crippen molar-refractivity contribution >= 4 is 16.6 Å². The summed E-state index contributed by atoms with van der Waals surface area (Å²) < 4.78 is 20.0. The van der Waals surface area contributed by atoms with Crippen LogP contribution < -0.4 is 5.56 Å². The van der Waals surface area contributed by atoms with Gasteiger partial charge in [-0.1, -0.05) is 6.07 Å². The van der Waals surface area contributed by atoms with Gasteiger partial charge in [-0.15, -0.1) is 0 Å². The van der Waals surface area contributed by atoms with E-state index in [4.69, 9.17) is 4.42 Å². The summed E-state index contributed by atoms with van der Waals surface area (Å²) in [6, 6.07) is 9.71. The topological polar surface area (TPSA) is 104 Å². The van der Waals surface area contributed by atoms with Gasteiger partial charge in [0.05, 0.1) is 34.4 Å². The molecule has 8 nitrogen and oxygen atoms in total. The minimum absolute atomic E-state index is 0.0948. The van der Waals surface area contributed by atoms with Gasteiger partial charge in [0.2, 0.25) is 5.89 Å². The van der Waals surface area contributed by atoms with E-state index in [1.807, 2.05) is 0 Å². The third-order valence-corrected chi connectivity index (χ3v) is 3.98. The highest BCUT2D eigenvalue weighted by molar-refractivity contribution is 5.79. The Bertz CT molecular complexity index is 1230. The molecule has 4 rings (SSSR count). The molecule has 0 saturated carbocycles. The van der Waals surface area contributed by atoms with E-state index in [0.717, 1.165) is 0 Å². The Hall–Kier alpha value is -3.88. The predicted molar refractivity (Wildman–Crippen MR) is 93.7 cm³/mol. The maximum absolute atomic E-state index is 13.3. The Balaban J connectivity index is 1.66. The molecule has 0 aliphatic heterocycles. The molecule has 0 aliphatic carbocycles. The molecule has 0 unspecified atom stereocenters. The van der Waals surface area contributed by atoms with Gasteiger partial charge in [-0.25, -0.2) is 14.4 Å². The fourth-order valence-electron chi connectivity index (χ4n) is 2.68. The zero-order valence-electron chi connectivity index (χ0n) is 13.7. The van der Waals surface area contributed by atoms with Crippen LogP contribution >= 0.6 is 0 Å². The molecule has 0 amide bonds. The van der Waals surface area contributed by atoms with Crippen LogP contribution in [0.1, 0.15) is 5.69 Å². The summed E-state index contributed by atoms with van der Waals surface area (Å²) in [7, 11) is 0. The molecule has 0 saturated heterocycles. The summed E-state index contributed by atoms with van der Waals surface area (Å²) >= 11 is 0. The summed E-state index contributed by atoms with van der Waals surface area (Å²) in [6.45, 7) is 0.0948. The lowest BCUT2D eigenvalue weighted by molar-refractivity contribution is -0.384. The van der Waals surface area contributed by atoms with Crippen LogP contribution in [0.25, 0.3) is 22.4 Å². The standard InChI is InChI=1S/C18H11FN4O4/c19-12-3-1-2-11(6-12)17-21-13(9-27-17)8-22-10-20-16-7-14(23(25)26)4-5-15(16)18(22)24/h1-7,9-10H,8H2. The zero-order valence-corrected chi connectivity index (χ0v) is 13.7. The lowest BCUT2D eigenvalue weighted by Gasteiger charge is -2.04.